The van der Waals surface area contributed by atoms with Gasteiger partial charge in [-0.2, -0.15) is 0 Å². The molecular weight excluding hydrogens is 430 g/mol. The molecule has 0 fully saturated rings. The molecule has 0 aliphatic carbocycles. The van der Waals surface area contributed by atoms with Crippen LogP contribution in [-0.4, -0.2) is 20.8 Å². The maximum Gasteiger partial charge on any atom is 0.319 e. The molecule has 7 heteroatoms. The third-order valence-corrected chi connectivity index (χ3v) is 6.29. The van der Waals surface area contributed by atoms with Crippen LogP contribution in [-0.2, 0) is 5.75 Å². The van der Waals surface area contributed by atoms with Crippen molar-refractivity contribution in [3.05, 3.63) is 101 Å². The van der Waals surface area contributed by atoms with E-state index in [9.17, 15) is 4.79 Å². The van der Waals surface area contributed by atoms with Crippen LogP contribution in [0, 0.1) is 13.8 Å². The van der Waals surface area contributed by atoms with E-state index in [0.717, 1.165) is 27.8 Å². The van der Waals surface area contributed by atoms with Gasteiger partial charge in [0.15, 0.2) is 11.0 Å². The van der Waals surface area contributed by atoms with Crippen LogP contribution >= 0.6 is 11.8 Å². The standard InChI is InChI=1S/C26H27N5OS/c1-18-13-15-22(16-14-18)31-24(29-30-26(31)33-17-21-10-5-4-6-11-21)20(3)27-25(32)28-23-12-8-7-9-19(23)2/h4-16,20H,17H2,1-3H3,(H2,27,28,32). The fourth-order valence-electron chi connectivity index (χ4n) is 3.45. The lowest BCUT2D eigenvalue weighted by Crippen LogP contribution is -2.32. The van der Waals surface area contributed by atoms with Gasteiger partial charge in [0.1, 0.15) is 0 Å². The number of thioether (sulfide) groups is 1. The zero-order valence-corrected chi connectivity index (χ0v) is 19.8. The molecule has 1 heterocycles. The van der Waals surface area contributed by atoms with Crippen molar-refractivity contribution < 1.29 is 4.79 Å². The summed E-state index contributed by atoms with van der Waals surface area (Å²) in [5, 5.41) is 15.6. The molecule has 6 nitrogen and oxygen atoms in total. The molecule has 0 aliphatic rings. The van der Waals surface area contributed by atoms with Gasteiger partial charge in [-0.15, -0.1) is 10.2 Å². The smallest absolute Gasteiger partial charge is 0.319 e. The molecule has 2 N–H and O–H groups in total. The number of aryl methyl sites for hydroxylation is 2. The summed E-state index contributed by atoms with van der Waals surface area (Å²) < 4.78 is 2.02. The van der Waals surface area contributed by atoms with Crippen molar-refractivity contribution in [2.75, 3.05) is 5.32 Å². The Labute approximate surface area is 198 Å². The van der Waals surface area contributed by atoms with Gasteiger partial charge in [-0.05, 0) is 50.1 Å². The molecule has 1 aromatic heterocycles. The zero-order valence-electron chi connectivity index (χ0n) is 18.9. The number of nitrogens with one attached hydrogen (secondary N) is 2. The highest BCUT2D eigenvalue weighted by atomic mass is 32.2. The highest BCUT2D eigenvalue weighted by Gasteiger charge is 2.21. The molecule has 4 aromatic rings. The van der Waals surface area contributed by atoms with E-state index < -0.39 is 0 Å². The normalized spacial score (nSPS) is 11.7. The SMILES string of the molecule is Cc1ccc(-n2c(SCc3ccccc3)nnc2C(C)NC(=O)Nc2ccccc2C)cc1. The van der Waals surface area contributed by atoms with Crippen LogP contribution in [0.2, 0.25) is 0 Å². The Morgan fingerprint density at radius 2 is 1.64 bits per heavy atom. The number of hydrogen-bond acceptors (Lipinski definition) is 4. The van der Waals surface area contributed by atoms with E-state index in [-0.39, 0.29) is 12.1 Å². The minimum Gasteiger partial charge on any atom is -0.328 e. The predicted molar refractivity (Wildman–Crippen MR) is 134 cm³/mol. The van der Waals surface area contributed by atoms with Crippen molar-refractivity contribution >= 4 is 23.5 Å². The van der Waals surface area contributed by atoms with Gasteiger partial charge in [0.2, 0.25) is 0 Å². The van der Waals surface area contributed by atoms with E-state index >= 15 is 0 Å². The van der Waals surface area contributed by atoms with Gasteiger partial charge in [-0.1, -0.05) is 78.0 Å². The average Bonchev–Trinajstić information content (AvgIpc) is 3.24. The van der Waals surface area contributed by atoms with E-state index in [1.54, 1.807) is 11.8 Å². The maximum absolute atomic E-state index is 12.7. The Kier molecular flexibility index (Phi) is 7.10. The predicted octanol–water partition coefficient (Wildman–Crippen LogP) is 6.06. The molecule has 1 atom stereocenters. The summed E-state index contributed by atoms with van der Waals surface area (Å²) in [7, 11) is 0. The quantitative estimate of drug-likeness (QED) is 0.331. The molecule has 3 aromatic carbocycles. The zero-order chi connectivity index (χ0) is 23.2. The number of anilines is 1. The van der Waals surface area contributed by atoms with E-state index in [2.05, 4.69) is 64.2 Å². The first-order chi connectivity index (χ1) is 16.0. The van der Waals surface area contributed by atoms with Crippen molar-refractivity contribution in [3.8, 4) is 5.69 Å². The van der Waals surface area contributed by atoms with Crippen molar-refractivity contribution in [2.45, 2.75) is 37.7 Å². The van der Waals surface area contributed by atoms with Crippen molar-refractivity contribution in [1.82, 2.24) is 20.1 Å². The Bertz CT molecular complexity index is 1220. The van der Waals surface area contributed by atoms with E-state index in [1.165, 1.54) is 11.1 Å². The maximum atomic E-state index is 12.7. The number of para-hydroxylation sites is 1. The summed E-state index contributed by atoms with van der Waals surface area (Å²) in [6, 6.07) is 25.5. The molecule has 4 rings (SSSR count). The number of nitrogens with zero attached hydrogens (tertiary/aromatic N) is 3. The first-order valence-electron chi connectivity index (χ1n) is 10.8. The third-order valence-electron chi connectivity index (χ3n) is 5.29. The van der Waals surface area contributed by atoms with Gasteiger partial charge in [0, 0.05) is 17.1 Å². The molecule has 0 saturated carbocycles. The Morgan fingerprint density at radius 3 is 2.36 bits per heavy atom. The summed E-state index contributed by atoms with van der Waals surface area (Å²) in [5.74, 6) is 1.45. The Hall–Kier alpha value is -3.58. The van der Waals surface area contributed by atoms with E-state index in [1.807, 2.05) is 60.9 Å². The summed E-state index contributed by atoms with van der Waals surface area (Å²) in [5.41, 5.74) is 5.13. The van der Waals surface area contributed by atoms with Crippen LogP contribution in [0.4, 0.5) is 10.5 Å². The van der Waals surface area contributed by atoms with Gasteiger partial charge >= 0.3 is 6.03 Å². The van der Waals surface area contributed by atoms with Gasteiger partial charge in [0.05, 0.1) is 6.04 Å². The number of rotatable bonds is 7. The lowest BCUT2D eigenvalue weighted by Gasteiger charge is -2.17. The topological polar surface area (TPSA) is 71.8 Å². The second-order valence-electron chi connectivity index (χ2n) is 7.92. The molecule has 1 unspecified atom stereocenters. The lowest BCUT2D eigenvalue weighted by molar-refractivity contribution is 0.248. The molecule has 0 bridgehead atoms. The fraction of sp³-hybridized carbons (Fsp3) is 0.192. The first kappa shape index (κ1) is 22.6. The third kappa shape index (κ3) is 5.62. The Morgan fingerprint density at radius 1 is 0.939 bits per heavy atom. The van der Waals surface area contributed by atoms with Crippen molar-refractivity contribution in [1.29, 1.82) is 0 Å². The van der Waals surface area contributed by atoms with E-state index in [0.29, 0.717) is 5.82 Å². The second-order valence-corrected chi connectivity index (χ2v) is 8.86. The average molecular weight is 458 g/mol. The summed E-state index contributed by atoms with van der Waals surface area (Å²) in [6.07, 6.45) is 0. The van der Waals surface area contributed by atoms with Gasteiger partial charge in [0.25, 0.3) is 0 Å². The Balaban J connectivity index is 1.57. The van der Waals surface area contributed by atoms with E-state index in [4.69, 9.17) is 0 Å². The monoisotopic (exact) mass is 457 g/mol. The van der Waals surface area contributed by atoms with Crippen LogP contribution in [0.5, 0.6) is 0 Å². The molecule has 2 amide bonds. The van der Waals surface area contributed by atoms with Crippen molar-refractivity contribution in [3.63, 3.8) is 0 Å². The number of urea groups is 1. The minimum absolute atomic E-state index is 0.284. The molecule has 33 heavy (non-hydrogen) atoms. The van der Waals surface area contributed by atoms with Gasteiger partial charge in [-0.25, -0.2) is 4.79 Å². The summed E-state index contributed by atoms with van der Waals surface area (Å²) in [4.78, 5) is 12.7. The van der Waals surface area contributed by atoms with Crippen LogP contribution in [0.25, 0.3) is 5.69 Å². The number of carbonyl (C=O) groups excluding carboxylic acids is 1. The first-order valence-corrected chi connectivity index (χ1v) is 11.8. The largest absolute Gasteiger partial charge is 0.328 e. The molecular formula is C26H27N5OS. The molecule has 0 spiro atoms. The number of benzene rings is 3. The number of amides is 2. The molecule has 0 saturated heterocycles. The fourth-order valence-corrected chi connectivity index (χ4v) is 4.36. The number of carbonyl (C=O) groups is 1. The summed E-state index contributed by atoms with van der Waals surface area (Å²) in [6.45, 7) is 5.93. The highest BCUT2D eigenvalue weighted by molar-refractivity contribution is 7.98. The van der Waals surface area contributed by atoms with Gasteiger partial charge < -0.3 is 10.6 Å². The van der Waals surface area contributed by atoms with Crippen LogP contribution in [0.3, 0.4) is 0 Å². The molecule has 168 valence electrons. The molecule has 0 radical (unpaired) electrons. The van der Waals surface area contributed by atoms with Crippen molar-refractivity contribution in [2.24, 2.45) is 0 Å². The number of hydrogen-bond donors (Lipinski definition) is 2. The minimum atomic E-state index is -0.353. The molecule has 0 aliphatic heterocycles. The second kappa shape index (κ2) is 10.4. The number of aromatic nitrogens is 3. The van der Waals surface area contributed by atoms with Gasteiger partial charge in [-0.3, -0.25) is 4.57 Å². The van der Waals surface area contributed by atoms with Crippen LogP contribution in [0.15, 0.2) is 84.0 Å². The lowest BCUT2D eigenvalue weighted by atomic mass is 10.2. The highest BCUT2D eigenvalue weighted by Crippen LogP contribution is 2.28. The van der Waals surface area contributed by atoms with Crippen LogP contribution in [0.1, 0.15) is 35.5 Å². The summed E-state index contributed by atoms with van der Waals surface area (Å²) >= 11 is 1.62. The van der Waals surface area contributed by atoms with Crippen LogP contribution < -0.4 is 10.6 Å².